The molecule has 9 heteroatoms. The van der Waals surface area contributed by atoms with E-state index in [1.165, 1.54) is 11.1 Å². The minimum atomic E-state index is -0.903. The van der Waals surface area contributed by atoms with Gasteiger partial charge in [0.15, 0.2) is 0 Å². The van der Waals surface area contributed by atoms with E-state index in [1.54, 1.807) is 0 Å². The third-order valence-electron chi connectivity index (χ3n) is 6.39. The van der Waals surface area contributed by atoms with Crippen LogP contribution in [0.5, 0.6) is 5.75 Å². The predicted octanol–water partition coefficient (Wildman–Crippen LogP) is 3.96. The molecule has 1 aromatic heterocycles. The zero-order valence-corrected chi connectivity index (χ0v) is 23.5. The summed E-state index contributed by atoms with van der Waals surface area (Å²) < 4.78 is 11.6. The van der Waals surface area contributed by atoms with Gasteiger partial charge in [-0.05, 0) is 79.3 Å². The van der Waals surface area contributed by atoms with Crippen LogP contribution in [0.15, 0.2) is 34.9 Å². The third kappa shape index (κ3) is 8.88. The molecule has 0 fully saturated rings. The van der Waals surface area contributed by atoms with E-state index < -0.39 is 18.6 Å². The van der Waals surface area contributed by atoms with Crippen molar-refractivity contribution in [2.45, 2.75) is 72.4 Å². The highest BCUT2D eigenvalue weighted by molar-refractivity contribution is 5.76. The van der Waals surface area contributed by atoms with Gasteiger partial charge in [-0.2, -0.15) is 4.98 Å². The van der Waals surface area contributed by atoms with Gasteiger partial charge >= 0.3 is 0 Å². The molecule has 1 atom stereocenters. The van der Waals surface area contributed by atoms with E-state index in [-0.39, 0.29) is 13.2 Å². The van der Waals surface area contributed by atoms with Crippen LogP contribution >= 0.6 is 0 Å². The summed E-state index contributed by atoms with van der Waals surface area (Å²) in [5.41, 5.74) is 6.04. The molecule has 0 aliphatic heterocycles. The molecule has 0 saturated carbocycles. The van der Waals surface area contributed by atoms with Crippen LogP contribution in [-0.2, 0) is 24.2 Å². The Bertz CT molecular complexity index is 1210. The van der Waals surface area contributed by atoms with E-state index >= 15 is 0 Å². The molecule has 3 rings (SSSR count). The van der Waals surface area contributed by atoms with Crippen molar-refractivity contribution < 1.29 is 24.3 Å². The number of aliphatic hydroxyl groups excluding tert-OH is 2. The van der Waals surface area contributed by atoms with Gasteiger partial charge in [0, 0.05) is 24.2 Å². The Morgan fingerprint density at radius 2 is 1.87 bits per heavy atom. The largest absolute Gasteiger partial charge is 0.490 e. The molecular weight excluding hydrogens is 496 g/mol. The van der Waals surface area contributed by atoms with Crippen LogP contribution in [0, 0.1) is 6.92 Å². The van der Waals surface area contributed by atoms with Gasteiger partial charge in [-0.15, -0.1) is 0 Å². The summed E-state index contributed by atoms with van der Waals surface area (Å²) in [7, 11) is 0. The summed E-state index contributed by atoms with van der Waals surface area (Å²) in [4.78, 5) is 15.9. The normalized spacial score (nSPS) is 11.9. The van der Waals surface area contributed by atoms with E-state index in [0.717, 1.165) is 61.0 Å². The lowest BCUT2D eigenvalue weighted by atomic mass is 10.0. The lowest BCUT2D eigenvalue weighted by Crippen LogP contribution is -2.36. The van der Waals surface area contributed by atoms with Crippen LogP contribution in [0.1, 0.15) is 62.3 Å². The number of ether oxygens (including phenoxy) is 1. The van der Waals surface area contributed by atoms with E-state index in [4.69, 9.17) is 19.4 Å². The summed E-state index contributed by atoms with van der Waals surface area (Å²) in [6.07, 6.45) is 4.17. The van der Waals surface area contributed by atoms with E-state index in [9.17, 15) is 9.90 Å². The number of carbonyl (C=O) groups is 1. The number of aryl methyl sites for hydroxylation is 3. The van der Waals surface area contributed by atoms with Crippen molar-refractivity contribution in [1.29, 1.82) is 0 Å². The number of benzene rings is 2. The summed E-state index contributed by atoms with van der Waals surface area (Å²) >= 11 is 0. The van der Waals surface area contributed by atoms with Crippen LogP contribution in [0.2, 0.25) is 0 Å². The fourth-order valence-corrected chi connectivity index (χ4v) is 4.38. The molecule has 0 spiro atoms. The fourth-order valence-electron chi connectivity index (χ4n) is 4.38. The van der Waals surface area contributed by atoms with Gasteiger partial charge in [0.2, 0.25) is 11.7 Å². The summed E-state index contributed by atoms with van der Waals surface area (Å²) in [5.74, 6) is 1.14. The molecule has 2 aromatic carbocycles. The van der Waals surface area contributed by atoms with Gasteiger partial charge in [-0.1, -0.05) is 44.8 Å². The zero-order chi connectivity index (χ0) is 28.2. The molecule has 1 heterocycles. The van der Waals surface area contributed by atoms with Crippen molar-refractivity contribution in [3.05, 3.63) is 52.6 Å². The topological polar surface area (TPSA) is 130 Å². The maximum atomic E-state index is 11.2. The Morgan fingerprint density at radius 1 is 1.08 bits per heavy atom. The molecule has 39 heavy (non-hydrogen) atoms. The van der Waals surface area contributed by atoms with Gasteiger partial charge in [0.05, 0.1) is 0 Å². The second kappa shape index (κ2) is 15.4. The number of aromatic nitrogens is 2. The molecule has 0 radical (unpaired) electrons. The number of nitrogens with one attached hydrogen (secondary N) is 2. The van der Waals surface area contributed by atoms with Crippen LogP contribution in [0.25, 0.3) is 22.8 Å². The second-order valence-electron chi connectivity index (χ2n) is 9.80. The Labute approximate surface area is 231 Å². The van der Waals surface area contributed by atoms with Gasteiger partial charge in [-0.25, -0.2) is 0 Å². The number of aliphatic hydroxyl groups is 2. The number of hydrogen-bond acceptors (Lipinski definition) is 8. The first-order valence-corrected chi connectivity index (χ1v) is 13.9. The van der Waals surface area contributed by atoms with Gasteiger partial charge in [0.1, 0.15) is 25.1 Å². The van der Waals surface area contributed by atoms with Crippen molar-refractivity contribution in [2.75, 3.05) is 26.3 Å². The first-order chi connectivity index (χ1) is 18.9. The first-order valence-electron chi connectivity index (χ1n) is 13.9. The minimum absolute atomic E-state index is 0.000404. The van der Waals surface area contributed by atoms with Crippen molar-refractivity contribution >= 4 is 5.91 Å². The van der Waals surface area contributed by atoms with E-state index in [0.29, 0.717) is 23.9 Å². The van der Waals surface area contributed by atoms with Gasteiger partial charge < -0.3 is 30.1 Å². The molecule has 0 bridgehead atoms. The maximum Gasteiger partial charge on any atom is 0.258 e. The van der Waals surface area contributed by atoms with Crippen molar-refractivity contribution in [2.24, 2.45) is 0 Å². The molecule has 1 amide bonds. The van der Waals surface area contributed by atoms with Gasteiger partial charge in [0.25, 0.3) is 5.89 Å². The highest BCUT2D eigenvalue weighted by atomic mass is 16.5. The molecule has 9 nitrogen and oxygen atoms in total. The number of hydrogen-bond donors (Lipinski definition) is 4. The van der Waals surface area contributed by atoms with Crippen LogP contribution in [0.3, 0.4) is 0 Å². The molecular formula is C30H42N4O5. The lowest BCUT2D eigenvalue weighted by Gasteiger charge is -2.17. The number of nitrogens with zero attached hydrogens (tertiary/aromatic N) is 2. The maximum absolute atomic E-state index is 11.2. The number of unbranched alkanes of at least 4 members (excludes halogenated alkanes) is 1. The second-order valence-corrected chi connectivity index (χ2v) is 9.80. The highest BCUT2D eigenvalue weighted by Gasteiger charge is 2.17. The molecule has 0 aliphatic carbocycles. The highest BCUT2D eigenvalue weighted by Crippen LogP contribution is 2.31. The molecule has 212 valence electrons. The van der Waals surface area contributed by atoms with Crippen LogP contribution in [0.4, 0.5) is 0 Å². The minimum Gasteiger partial charge on any atom is -0.490 e. The molecule has 0 aliphatic rings. The van der Waals surface area contributed by atoms with Crippen molar-refractivity contribution in [3.8, 4) is 28.6 Å². The Hall–Kier alpha value is -3.27. The average Bonchev–Trinajstić information content (AvgIpc) is 3.43. The number of carbonyl (C=O) groups excluding carboxylic acids is 1. The fraction of sp³-hybridized carbons (Fsp3) is 0.500. The molecule has 1 unspecified atom stereocenters. The van der Waals surface area contributed by atoms with E-state index in [2.05, 4.69) is 47.8 Å². The zero-order valence-electron chi connectivity index (χ0n) is 23.5. The number of amides is 1. The van der Waals surface area contributed by atoms with Gasteiger partial charge in [-0.3, -0.25) is 4.79 Å². The molecule has 3 aromatic rings. The average molecular weight is 539 g/mol. The van der Waals surface area contributed by atoms with Crippen LogP contribution in [-0.4, -0.2) is 58.7 Å². The molecule has 0 saturated heterocycles. The lowest BCUT2D eigenvalue weighted by molar-refractivity contribution is -0.124. The summed E-state index contributed by atoms with van der Waals surface area (Å²) in [5, 5.41) is 29.2. The van der Waals surface area contributed by atoms with Crippen LogP contribution < -0.4 is 15.4 Å². The monoisotopic (exact) mass is 538 g/mol. The standard InChI is InChI=1S/C30H42N4O5/c1-5-8-10-31-16-22-12-21(9-6-2)13-25(14-22)30-33-29(34-39-30)24-11-20(4)28(23(7-3)15-24)38-19-26(36)17-32-27(37)18-35/h11-15,26,31,35-36H,5-10,16-19H2,1-4H3,(H,32,37). The Morgan fingerprint density at radius 3 is 2.59 bits per heavy atom. The van der Waals surface area contributed by atoms with Crippen molar-refractivity contribution in [1.82, 2.24) is 20.8 Å². The molecule has 4 N–H and O–H groups in total. The van der Waals surface area contributed by atoms with E-state index in [1.807, 2.05) is 26.0 Å². The summed E-state index contributed by atoms with van der Waals surface area (Å²) in [6, 6.07) is 10.4. The number of rotatable bonds is 16. The first kappa shape index (κ1) is 30.3. The third-order valence-corrected chi connectivity index (χ3v) is 6.39. The predicted molar refractivity (Wildman–Crippen MR) is 151 cm³/mol. The smallest absolute Gasteiger partial charge is 0.258 e. The Balaban J connectivity index is 1.78. The Kier molecular flexibility index (Phi) is 11.9. The SMILES string of the molecule is CCCCNCc1cc(CCC)cc(-c2nc(-c3cc(C)c(OCC(O)CNC(=O)CO)c(CC)c3)no2)c1. The summed E-state index contributed by atoms with van der Waals surface area (Å²) in [6.45, 7) is 9.51. The quantitative estimate of drug-likeness (QED) is 0.202. The van der Waals surface area contributed by atoms with Crippen molar-refractivity contribution in [3.63, 3.8) is 0 Å².